The Morgan fingerprint density at radius 2 is 2.15 bits per heavy atom. The lowest BCUT2D eigenvalue weighted by atomic mass is 9.85. The molecule has 4 rings (SSSR count). The van der Waals surface area contributed by atoms with Crippen molar-refractivity contribution in [1.29, 1.82) is 0 Å². The van der Waals surface area contributed by atoms with Crippen LogP contribution >= 0.6 is 22.9 Å². The number of nitrogens with zero attached hydrogens (tertiary/aromatic N) is 1. The fraction of sp³-hybridized carbons (Fsp3) is 0.588. The van der Waals surface area contributed by atoms with Gasteiger partial charge in [-0.3, -0.25) is 0 Å². The molecule has 1 heterocycles. The Morgan fingerprint density at radius 3 is 2.90 bits per heavy atom. The number of rotatable bonds is 4. The SMILES string of the molecule is ClC(Cc1nc2ccccc2s1)CC1CC2CCC1C2. The first-order valence-electron chi connectivity index (χ1n) is 7.76. The quantitative estimate of drug-likeness (QED) is 0.701. The molecule has 2 fully saturated rings. The molecule has 2 bridgehead atoms. The predicted octanol–water partition coefficient (Wildman–Crippen LogP) is 5.27. The van der Waals surface area contributed by atoms with Gasteiger partial charge in [-0.1, -0.05) is 18.6 Å². The summed E-state index contributed by atoms with van der Waals surface area (Å²) in [5.74, 6) is 2.90. The zero-order valence-electron chi connectivity index (χ0n) is 11.6. The van der Waals surface area contributed by atoms with Gasteiger partial charge in [-0.2, -0.15) is 0 Å². The van der Waals surface area contributed by atoms with Crippen LogP contribution in [-0.4, -0.2) is 10.4 Å². The predicted molar refractivity (Wildman–Crippen MR) is 86.5 cm³/mol. The van der Waals surface area contributed by atoms with Crippen LogP contribution in [0.1, 0.15) is 37.1 Å². The first kappa shape index (κ1) is 13.1. The third-order valence-electron chi connectivity index (χ3n) is 5.18. The van der Waals surface area contributed by atoms with Crippen LogP contribution in [0.4, 0.5) is 0 Å². The maximum atomic E-state index is 6.63. The Balaban J connectivity index is 1.40. The standard InChI is InChI=1S/C17H20ClNS/c18-14(9-13-8-11-5-6-12(13)7-11)10-17-19-15-3-1-2-4-16(15)20-17/h1-4,11-14H,5-10H2. The topological polar surface area (TPSA) is 12.9 Å². The number of hydrogen-bond donors (Lipinski definition) is 0. The molecule has 3 heteroatoms. The summed E-state index contributed by atoms with van der Waals surface area (Å²) in [5, 5.41) is 1.47. The van der Waals surface area contributed by atoms with E-state index in [9.17, 15) is 0 Å². The first-order chi connectivity index (χ1) is 9.78. The number of para-hydroxylation sites is 1. The lowest BCUT2D eigenvalue weighted by molar-refractivity contribution is 0.310. The van der Waals surface area contributed by atoms with Crippen LogP contribution in [0, 0.1) is 17.8 Å². The van der Waals surface area contributed by atoms with Gasteiger partial charge in [0.1, 0.15) is 0 Å². The highest BCUT2D eigenvalue weighted by Crippen LogP contribution is 2.50. The summed E-state index contributed by atoms with van der Waals surface area (Å²) in [5.41, 5.74) is 1.12. The lowest BCUT2D eigenvalue weighted by Crippen LogP contribution is -2.16. The van der Waals surface area contributed by atoms with E-state index in [1.54, 1.807) is 11.3 Å². The van der Waals surface area contributed by atoms with Crippen molar-refractivity contribution in [1.82, 2.24) is 4.98 Å². The van der Waals surface area contributed by atoms with Gasteiger partial charge in [0, 0.05) is 11.8 Å². The number of fused-ring (bicyclic) bond motifs is 3. The van der Waals surface area contributed by atoms with E-state index in [4.69, 9.17) is 16.6 Å². The average molecular weight is 306 g/mol. The van der Waals surface area contributed by atoms with Gasteiger partial charge in [-0.25, -0.2) is 4.98 Å². The summed E-state index contributed by atoms with van der Waals surface area (Å²) in [6, 6.07) is 8.38. The molecule has 4 atom stereocenters. The van der Waals surface area contributed by atoms with Crippen LogP contribution < -0.4 is 0 Å². The molecule has 0 amide bonds. The molecule has 0 aliphatic heterocycles. The van der Waals surface area contributed by atoms with E-state index in [0.717, 1.165) is 29.7 Å². The van der Waals surface area contributed by atoms with Crippen LogP contribution in [0.15, 0.2) is 24.3 Å². The minimum atomic E-state index is 0.264. The molecular formula is C17H20ClNS. The van der Waals surface area contributed by atoms with Gasteiger partial charge < -0.3 is 0 Å². The molecule has 0 saturated heterocycles. The van der Waals surface area contributed by atoms with E-state index in [2.05, 4.69) is 24.3 Å². The highest BCUT2D eigenvalue weighted by atomic mass is 35.5. The van der Waals surface area contributed by atoms with Gasteiger partial charge in [0.2, 0.25) is 0 Å². The van der Waals surface area contributed by atoms with Crippen molar-refractivity contribution in [3.05, 3.63) is 29.3 Å². The summed E-state index contributed by atoms with van der Waals surface area (Å²) in [6.07, 6.45) is 7.99. The van der Waals surface area contributed by atoms with Crippen LogP contribution in [0.3, 0.4) is 0 Å². The Kier molecular flexibility index (Phi) is 3.47. The maximum Gasteiger partial charge on any atom is 0.0953 e. The van der Waals surface area contributed by atoms with E-state index in [-0.39, 0.29) is 5.38 Å². The van der Waals surface area contributed by atoms with Gasteiger partial charge >= 0.3 is 0 Å². The second kappa shape index (κ2) is 5.31. The lowest BCUT2D eigenvalue weighted by Gasteiger charge is -2.23. The van der Waals surface area contributed by atoms with E-state index in [1.165, 1.54) is 41.8 Å². The van der Waals surface area contributed by atoms with Gasteiger partial charge in [0.05, 0.1) is 15.2 Å². The smallest absolute Gasteiger partial charge is 0.0953 e. The van der Waals surface area contributed by atoms with Gasteiger partial charge in [-0.05, 0) is 55.6 Å². The van der Waals surface area contributed by atoms with E-state index >= 15 is 0 Å². The van der Waals surface area contributed by atoms with Crippen molar-refractivity contribution < 1.29 is 0 Å². The molecule has 1 aromatic heterocycles. The Bertz CT molecular complexity index is 575. The van der Waals surface area contributed by atoms with Crippen molar-refractivity contribution in [2.75, 3.05) is 0 Å². The molecule has 2 aromatic rings. The summed E-state index contributed by atoms with van der Waals surface area (Å²) in [6.45, 7) is 0. The molecule has 4 unspecified atom stereocenters. The van der Waals surface area contributed by atoms with Crippen LogP contribution in [0.25, 0.3) is 10.2 Å². The number of halogens is 1. The van der Waals surface area contributed by atoms with E-state index in [0.29, 0.717) is 0 Å². The largest absolute Gasteiger partial charge is 0.241 e. The van der Waals surface area contributed by atoms with E-state index in [1.807, 2.05) is 0 Å². The molecule has 0 radical (unpaired) electrons. The number of hydrogen-bond acceptors (Lipinski definition) is 2. The first-order valence-corrected chi connectivity index (χ1v) is 9.02. The monoisotopic (exact) mass is 305 g/mol. The van der Waals surface area contributed by atoms with Crippen molar-refractivity contribution in [2.24, 2.45) is 17.8 Å². The molecule has 2 aliphatic rings. The molecule has 106 valence electrons. The Labute approximate surface area is 129 Å². The molecule has 1 nitrogen and oxygen atoms in total. The third kappa shape index (κ3) is 2.48. The molecule has 2 aliphatic carbocycles. The zero-order valence-corrected chi connectivity index (χ0v) is 13.2. The number of alkyl halides is 1. The van der Waals surface area contributed by atoms with Crippen molar-refractivity contribution >= 4 is 33.2 Å². The molecule has 20 heavy (non-hydrogen) atoms. The minimum Gasteiger partial charge on any atom is -0.241 e. The summed E-state index contributed by atoms with van der Waals surface area (Å²) in [4.78, 5) is 4.71. The van der Waals surface area contributed by atoms with Gasteiger partial charge in [0.15, 0.2) is 0 Å². The summed E-state index contributed by atoms with van der Waals surface area (Å²) in [7, 11) is 0. The number of aromatic nitrogens is 1. The normalized spacial score (nSPS) is 30.1. The van der Waals surface area contributed by atoms with Crippen molar-refractivity contribution in [3.8, 4) is 0 Å². The molecule has 0 spiro atoms. The van der Waals surface area contributed by atoms with E-state index < -0.39 is 0 Å². The second-order valence-corrected chi connectivity index (χ2v) is 8.28. The third-order valence-corrected chi connectivity index (χ3v) is 6.57. The maximum absolute atomic E-state index is 6.63. The highest BCUT2D eigenvalue weighted by Gasteiger charge is 2.39. The van der Waals surface area contributed by atoms with Crippen LogP contribution in [-0.2, 0) is 6.42 Å². The van der Waals surface area contributed by atoms with Crippen LogP contribution in [0.5, 0.6) is 0 Å². The summed E-state index contributed by atoms with van der Waals surface area (Å²) >= 11 is 8.43. The molecular weight excluding hydrogens is 286 g/mol. The Hall–Kier alpha value is -0.600. The minimum absolute atomic E-state index is 0.264. The van der Waals surface area contributed by atoms with Crippen LogP contribution in [0.2, 0.25) is 0 Å². The number of thiazole rings is 1. The highest BCUT2D eigenvalue weighted by molar-refractivity contribution is 7.18. The Morgan fingerprint density at radius 1 is 1.25 bits per heavy atom. The fourth-order valence-electron chi connectivity index (χ4n) is 4.27. The fourth-order valence-corrected chi connectivity index (χ4v) is 5.79. The van der Waals surface area contributed by atoms with Gasteiger partial charge in [-0.15, -0.1) is 22.9 Å². The number of benzene rings is 1. The molecule has 1 aromatic carbocycles. The second-order valence-electron chi connectivity index (χ2n) is 6.55. The summed E-state index contributed by atoms with van der Waals surface area (Å²) < 4.78 is 1.28. The zero-order chi connectivity index (χ0) is 13.5. The van der Waals surface area contributed by atoms with Crippen molar-refractivity contribution in [2.45, 2.75) is 43.9 Å². The van der Waals surface area contributed by atoms with Gasteiger partial charge in [0.25, 0.3) is 0 Å². The molecule has 2 saturated carbocycles. The molecule has 0 N–H and O–H groups in total. The van der Waals surface area contributed by atoms with Crippen molar-refractivity contribution in [3.63, 3.8) is 0 Å². The average Bonchev–Trinajstić information content (AvgIpc) is 3.11.